The largest absolute Gasteiger partial charge is 0.393 e. The molecule has 2 atom stereocenters. The molecule has 26 heavy (non-hydrogen) atoms. The van der Waals surface area contributed by atoms with Crippen molar-refractivity contribution in [3.05, 3.63) is 70.2 Å². The van der Waals surface area contributed by atoms with Crippen LogP contribution in [-0.2, 0) is 17.6 Å². The highest BCUT2D eigenvalue weighted by Crippen LogP contribution is 2.25. The Bertz CT molecular complexity index is 765. The van der Waals surface area contributed by atoms with Gasteiger partial charge in [-0.3, -0.25) is 9.59 Å². The maximum atomic E-state index is 11.8. The molecule has 0 aromatic heterocycles. The van der Waals surface area contributed by atoms with Crippen LogP contribution in [0.4, 0.5) is 0 Å². The summed E-state index contributed by atoms with van der Waals surface area (Å²) >= 11 is 6.21. The molecule has 0 bridgehead atoms. The molecule has 0 aliphatic carbocycles. The number of nitrogens with two attached hydrogens (primary N) is 2. The zero-order chi connectivity index (χ0) is 19.1. The fourth-order valence-corrected chi connectivity index (χ4v) is 3.21. The number of hydrogen-bond acceptors (Lipinski definition) is 3. The highest BCUT2D eigenvalue weighted by molar-refractivity contribution is 6.34. The smallest absolute Gasteiger partial charge is 0.250 e. The minimum Gasteiger partial charge on any atom is -0.393 e. The van der Waals surface area contributed by atoms with E-state index in [1.807, 2.05) is 30.3 Å². The van der Waals surface area contributed by atoms with Crippen molar-refractivity contribution in [2.24, 2.45) is 17.4 Å². The minimum atomic E-state index is -0.661. The van der Waals surface area contributed by atoms with Gasteiger partial charge in [0.25, 0.3) is 0 Å². The number of aliphatic hydroxyl groups excluding tert-OH is 1. The normalized spacial score (nSPS) is 13.2. The number of aliphatic hydroxyl groups is 1. The van der Waals surface area contributed by atoms with Gasteiger partial charge in [-0.15, -0.1) is 0 Å². The van der Waals surface area contributed by atoms with E-state index in [4.69, 9.17) is 23.1 Å². The molecule has 5 nitrogen and oxygen atoms in total. The van der Waals surface area contributed by atoms with Crippen LogP contribution in [0.25, 0.3) is 0 Å². The van der Waals surface area contributed by atoms with Gasteiger partial charge in [-0.2, -0.15) is 0 Å². The van der Waals surface area contributed by atoms with E-state index in [9.17, 15) is 14.7 Å². The highest BCUT2D eigenvalue weighted by Gasteiger charge is 2.22. The molecule has 0 saturated heterocycles. The van der Waals surface area contributed by atoms with Gasteiger partial charge in [-0.05, 0) is 42.9 Å². The zero-order valence-electron chi connectivity index (χ0n) is 14.4. The van der Waals surface area contributed by atoms with Crippen LogP contribution in [-0.4, -0.2) is 23.0 Å². The first-order valence-electron chi connectivity index (χ1n) is 8.47. The van der Waals surface area contributed by atoms with Gasteiger partial charge < -0.3 is 16.6 Å². The Morgan fingerprint density at radius 2 is 1.73 bits per heavy atom. The lowest BCUT2D eigenvalue weighted by Crippen LogP contribution is -2.29. The Hall–Kier alpha value is -2.37. The predicted octanol–water partition coefficient (Wildman–Crippen LogP) is 2.47. The molecular weight excluding hydrogens is 352 g/mol. The first-order chi connectivity index (χ1) is 12.4. The van der Waals surface area contributed by atoms with Crippen LogP contribution in [0.3, 0.4) is 0 Å². The van der Waals surface area contributed by atoms with Gasteiger partial charge >= 0.3 is 0 Å². The summed E-state index contributed by atoms with van der Waals surface area (Å²) in [4.78, 5) is 23.2. The Morgan fingerprint density at radius 3 is 2.35 bits per heavy atom. The Kier molecular flexibility index (Phi) is 7.18. The number of hydrogen-bond donors (Lipinski definition) is 3. The predicted molar refractivity (Wildman–Crippen MR) is 102 cm³/mol. The van der Waals surface area contributed by atoms with Gasteiger partial charge in [0.1, 0.15) is 0 Å². The van der Waals surface area contributed by atoms with Crippen molar-refractivity contribution >= 4 is 23.4 Å². The maximum absolute atomic E-state index is 11.8. The average Bonchev–Trinajstić information content (AvgIpc) is 2.61. The number of amides is 2. The first-order valence-corrected chi connectivity index (χ1v) is 8.84. The van der Waals surface area contributed by atoms with E-state index in [0.717, 1.165) is 5.56 Å². The molecule has 0 saturated carbocycles. The van der Waals surface area contributed by atoms with Gasteiger partial charge in [0.05, 0.1) is 16.7 Å². The molecule has 0 aliphatic rings. The highest BCUT2D eigenvalue weighted by atomic mass is 35.5. The van der Waals surface area contributed by atoms with E-state index in [2.05, 4.69) is 0 Å². The van der Waals surface area contributed by atoms with Crippen LogP contribution < -0.4 is 11.5 Å². The average molecular weight is 375 g/mol. The van der Waals surface area contributed by atoms with Crippen molar-refractivity contribution in [3.8, 4) is 0 Å². The molecule has 0 heterocycles. The molecule has 0 radical (unpaired) electrons. The molecule has 2 amide bonds. The van der Waals surface area contributed by atoms with Crippen molar-refractivity contribution in [1.82, 2.24) is 0 Å². The van der Waals surface area contributed by atoms with Gasteiger partial charge in [0.15, 0.2) is 0 Å². The van der Waals surface area contributed by atoms with Crippen molar-refractivity contribution in [2.45, 2.75) is 31.8 Å². The molecule has 2 aromatic rings. The Labute approximate surface area is 158 Å². The lowest BCUT2D eigenvalue weighted by molar-refractivity contribution is -0.122. The van der Waals surface area contributed by atoms with E-state index < -0.39 is 23.8 Å². The molecule has 6 heteroatoms. The van der Waals surface area contributed by atoms with Crippen LogP contribution in [0, 0.1) is 5.92 Å². The van der Waals surface area contributed by atoms with E-state index in [1.54, 1.807) is 12.1 Å². The summed E-state index contributed by atoms with van der Waals surface area (Å²) in [5, 5.41) is 10.5. The topological polar surface area (TPSA) is 106 Å². The molecule has 0 fully saturated rings. The van der Waals surface area contributed by atoms with Crippen LogP contribution in [0.1, 0.15) is 34.3 Å². The molecule has 0 unspecified atom stereocenters. The molecule has 5 N–H and O–H groups in total. The van der Waals surface area contributed by atoms with Crippen LogP contribution in [0.2, 0.25) is 5.02 Å². The number of carbonyl (C=O) groups excluding carboxylic acids is 2. The number of halogens is 1. The fraction of sp³-hybridized carbons (Fsp3) is 0.300. The fourth-order valence-electron chi connectivity index (χ4n) is 2.92. The standard InChI is InChI=1S/C20H23ClN2O3/c21-18-14(7-4-8-17(18)20(23)26)11-15(19(22)25)12-16(24)10-9-13-5-2-1-3-6-13/h1-8,15-16,24H,9-12H2,(H2,22,25)(H2,23,26)/t15-,16+/m1/s1. The monoisotopic (exact) mass is 374 g/mol. The van der Waals surface area contributed by atoms with Crippen molar-refractivity contribution in [3.63, 3.8) is 0 Å². The van der Waals surface area contributed by atoms with Crippen LogP contribution in [0.5, 0.6) is 0 Å². The number of benzene rings is 2. The third-order valence-electron chi connectivity index (χ3n) is 4.38. The van der Waals surface area contributed by atoms with E-state index >= 15 is 0 Å². The number of carbonyl (C=O) groups is 2. The molecule has 2 aromatic carbocycles. The van der Waals surface area contributed by atoms with Crippen molar-refractivity contribution < 1.29 is 14.7 Å². The minimum absolute atomic E-state index is 0.206. The second-order valence-electron chi connectivity index (χ2n) is 6.36. The van der Waals surface area contributed by atoms with Gasteiger partial charge in [0.2, 0.25) is 11.8 Å². The molecule has 0 spiro atoms. The van der Waals surface area contributed by atoms with Crippen molar-refractivity contribution in [1.29, 1.82) is 0 Å². The number of rotatable bonds is 9. The van der Waals surface area contributed by atoms with E-state index in [0.29, 0.717) is 18.4 Å². The van der Waals surface area contributed by atoms with Crippen LogP contribution >= 0.6 is 11.6 Å². The third kappa shape index (κ3) is 5.58. The van der Waals surface area contributed by atoms with Gasteiger partial charge in [-0.25, -0.2) is 0 Å². The summed E-state index contributed by atoms with van der Waals surface area (Å²) < 4.78 is 0. The Balaban J connectivity index is 2.02. The maximum Gasteiger partial charge on any atom is 0.250 e. The molecule has 0 aliphatic heterocycles. The van der Waals surface area contributed by atoms with E-state index in [-0.39, 0.29) is 23.4 Å². The second-order valence-corrected chi connectivity index (χ2v) is 6.74. The summed E-state index contributed by atoms with van der Waals surface area (Å²) in [7, 11) is 0. The summed E-state index contributed by atoms with van der Waals surface area (Å²) in [5.74, 6) is -1.72. The summed E-state index contributed by atoms with van der Waals surface area (Å²) in [5.41, 5.74) is 12.7. The summed E-state index contributed by atoms with van der Waals surface area (Å²) in [6.45, 7) is 0. The Morgan fingerprint density at radius 1 is 1.04 bits per heavy atom. The molecular formula is C20H23ClN2O3. The number of aryl methyl sites for hydroxylation is 1. The van der Waals surface area contributed by atoms with Gasteiger partial charge in [0, 0.05) is 5.92 Å². The number of primary amides is 2. The second kappa shape index (κ2) is 9.36. The first kappa shape index (κ1) is 19.9. The van der Waals surface area contributed by atoms with Gasteiger partial charge in [-0.1, -0.05) is 54.1 Å². The lowest BCUT2D eigenvalue weighted by atomic mass is 9.90. The molecule has 138 valence electrons. The lowest BCUT2D eigenvalue weighted by Gasteiger charge is -2.19. The van der Waals surface area contributed by atoms with Crippen LogP contribution in [0.15, 0.2) is 48.5 Å². The quantitative estimate of drug-likeness (QED) is 0.627. The zero-order valence-corrected chi connectivity index (χ0v) is 15.2. The molecule has 2 rings (SSSR count). The summed E-state index contributed by atoms with van der Waals surface area (Å²) in [6.07, 6.45) is 1.07. The van der Waals surface area contributed by atoms with Crippen molar-refractivity contribution in [2.75, 3.05) is 0 Å². The SMILES string of the molecule is NC(=O)c1cccc(C[C@H](C[C@@H](O)CCc2ccccc2)C(N)=O)c1Cl. The van der Waals surface area contributed by atoms with E-state index in [1.165, 1.54) is 6.07 Å². The third-order valence-corrected chi connectivity index (χ3v) is 4.82. The summed E-state index contributed by atoms with van der Waals surface area (Å²) in [6, 6.07) is 14.7.